The molecule has 0 aliphatic heterocycles. The molecule has 1 N–H and O–H groups in total. The van der Waals surface area contributed by atoms with Gasteiger partial charge in [-0.1, -0.05) is 86.1 Å². The van der Waals surface area contributed by atoms with Gasteiger partial charge in [-0.3, -0.25) is 4.79 Å². The molecule has 0 fully saturated rings. The van der Waals surface area contributed by atoms with Crippen LogP contribution in [-0.4, -0.2) is 5.78 Å². The predicted octanol–water partition coefficient (Wildman–Crippen LogP) is 6.54. The van der Waals surface area contributed by atoms with Crippen molar-refractivity contribution in [2.45, 2.75) is 39.2 Å². The van der Waals surface area contributed by atoms with E-state index in [9.17, 15) is 4.79 Å². The second kappa shape index (κ2) is 8.68. The van der Waals surface area contributed by atoms with Gasteiger partial charge < -0.3 is 5.32 Å². The van der Waals surface area contributed by atoms with Gasteiger partial charge in [0.25, 0.3) is 0 Å². The van der Waals surface area contributed by atoms with Crippen LogP contribution in [0.1, 0.15) is 59.3 Å². The highest BCUT2D eigenvalue weighted by Crippen LogP contribution is 2.26. The normalized spacial score (nSPS) is 12.0. The molecule has 0 saturated carbocycles. The smallest absolute Gasteiger partial charge is 0.165 e. The molecule has 0 aliphatic rings. The molecule has 138 valence electrons. The number of rotatable bonds is 7. The third-order valence-corrected chi connectivity index (χ3v) is 4.88. The van der Waals surface area contributed by atoms with Gasteiger partial charge >= 0.3 is 0 Å². The van der Waals surface area contributed by atoms with Crippen molar-refractivity contribution in [3.63, 3.8) is 0 Å². The number of hydrogen-bond acceptors (Lipinski definition) is 2. The highest BCUT2D eigenvalue weighted by Gasteiger charge is 2.17. The average molecular weight is 357 g/mol. The summed E-state index contributed by atoms with van der Waals surface area (Å²) in [4.78, 5) is 12.9. The summed E-state index contributed by atoms with van der Waals surface area (Å²) in [5.74, 6) is 0.644. The van der Waals surface area contributed by atoms with Crippen LogP contribution in [0.2, 0.25) is 0 Å². The lowest BCUT2D eigenvalue weighted by molar-refractivity contribution is 0.0976. The Balaban J connectivity index is 1.84. The first-order chi connectivity index (χ1) is 13.0. The van der Waals surface area contributed by atoms with Crippen LogP contribution >= 0.6 is 0 Å². The number of benzene rings is 3. The van der Waals surface area contributed by atoms with E-state index in [2.05, 4.69) is 43.4 Å². The van der Waals surface area contributed by atoms with Gasteiger partial charge in [-0.25, -0.2) is 0 Å². The lowest BCUT2D eigenvalue weighted by Crippen LogP contribution is -2.16. The third-order valence-electron chi connectivity index (χ3n) is 4.88. The van der Waals surface area contributed by atoms with E-state index in [-0.39, 0.29) is 11.8 Å². The van der Waals surface area contributed by atoms with Gasteiger partial charge in [0, 0.05) is 17.7 Å². The quantitative estimate of drug-likeness (QED) is 0.486. The molecule has 1 atom stereocenters. The SMILES string of the molecule is Cc1ccc(C(=O)CC(Nc2ccccc2)c2ccc(C(C)C)cc2)cc1. The molecule has 0 aliphatic carbocycles. The number of hydrogen-bond donors (Lipinski definition) is 1. The van der Waals surface area contributed by atoms with Crippen LogP contribution in [0, 0.1) is 6.92 Å². The number of ketones is 1. The van der Waals surface area contributed by atoms with Crippen molar-refractivity contribution in [2.24, 2.45) is 0 Å². The molecule has 0 amide bonds. The summed E-state index contributed by atoms with van der Waals surface area (Å²) in [6, 6.07) is 26.4. The lowest BCUT2D eigenvalue weighted by Gasteiger charge is -2.21. The molecule has 2 heteroatoms. The van der Waals surface area contributed by atoms with E-state index in [0.29, 0.717) is 12.3 Å². The third kappa shape index (κ3) is 5.07. The van der Waals surface area contributed by atoms with Crippen molar-refractivity contribution < 1.29 is 4.79 Å². The number of carbonyl (C=O) groups excluding carboxylic acids is 1. The minimum atomic E-state index is -0.0672. The zero-order valence-corrected chi connectivity index (χ0v) is 16.3. The maximum absolute atomic E-state index is 12.9. The van der Waals surface area contributed by atoms with Crippen molar-refractivity contribution in [1.29, 1.82) is 0 Å². The Morgan fingerprint density at radius 1 is 0.815 bits per heavy atom. The Morgan fingerprint density at radius 2 is 1.41 bits per heavy atom. The second-order valence-corrected chi connectivity index (χ2v) is 7.38. The fourth-order valence-corrected chi connectivity index (χ4v) is 3.14. The molecule has 0 saturated heterocycles. The molecule has 0 heterocycles. The molecule has 1 unspecified atom stereocenters. The van der Waals surface area contributed by atoms with E-state index in [4.69, 9.17) is 0 Å². The van der Waals surface area contributed by atoms with E-state index in [1.807, 2.05) is 61.5 Å². The highest BCUT2D eigenvalue weighted by molar-refractivity contribution is 5.96. The molecular formula is C25H27NO. The number of para-hydroxylation sites is 1. The van der Waals surface area contributed by atoms with Crippen molar-refractivity contribution in [3.8, 4) is 0 Å². The van der Waals surface area contributed by atoms with E-state index in [1.54, 1.807) is 0 Å². The standard InChI is InChI=1S/C25H27NO/c1-18(2)20-13-15-21(16-14-20)24(26-23-7-5-4-6-8-23)17-25(27)22-11-9-19(3)10-12-22/h4-16,18,24,26H,17H2,1-3H3. The Kier molecular flexibility index (Phi) is 6.08. The van der Waals surface area contributed by atoms with Crippen LogP contribution in [0.4, 0.5) is 5.69 Å². The largest absolute Gasteiger partial charge is 0.378 e. The monoisotopic (exact) mass is 357 g/mol. The van der Waals surface area contributed by atoms with Crippen LogP contribution in [0.15, 0.2) is 78.9 Å². The Bertz CT molecular complexity index is 864. The number of carbonyl (C=O) groups is 1. The van der Waals surface area contributed by atoms with Crippen molar-refractivity contribution in [2.75, 3.05) is 5.32 Å². The molecular weight excluding hydrogens is 330 g/mol. The number of aryl methyl sites for hydroxylation is 1. The molecule has 0 radical (unpaired) electrons. The summed E-state index contributed by atoms with van der Waals surface area (Å²) in [6.45, 7) is 6.41. The summed E-state index contributed by atoms with van der Waals surface area (Å²) >= 11 is 0. The first-order valence-corrected chi connectivity index (χ1v) is 9.54. The van der Waals surface area contributed by atoms with Gasteiger partial charge in [0.05, 0.1) is 6.04 Å². The summed E-state index contributed by atoms with van der Waals surface area (Å²) in [6.07, 6.45) is 0.416. The van der Waals surface area contributed by atoms with Crippen LogP contribution in [0.3, 0.4) is 0 Å². The minimum absolute atomic E-state index is 0.0672. The lowest BCUT2D eigenvalue weighted by atomic mass is 9.94. The van der Waals surface area contributed by atoms with Crippen LogP contribution in [0.5, 0.6) is 0 Å². The molecule has 3 aromatic rings. The molecule has 3 rings (SSSR count). The van der Waals surface area contributed by atoms with E-state index >= 15 is 0 Å². The zero-order valence-electron chi connectivity index (χ0n) is 16.3. The van der Waals surface area contributed by atoms with Crippen LogP contribution < -0.4 is 5.32 Å². The van der Waals surface area contributed by atoms with Gasteiger partial charge in [0.15, 0.2) is 5.78 Å². The topological polar surface area (TPSA) is 29.1 Å². The number of nitrogens with one attached hydrogen (secondary N) is 1. The summed E-state index contributed by atoms with van der Waals surface area (Å²) in [5, 5.41) is 3.54. The van der Waals surface area contributed by atoms with Gasteiger partial charge in [0.1, 0.15) is 0 Å². The van der Waals surface area contributed by atoms with E-state index in [1.165, 1.54) is 5.56 Å². The van der Waals surface area contributed by atoms with Gasteiger partial charge in [-0.15, -0.1) is 0 Å². The van der Waals surface area contributed by atoms with Crippen LogP contribution in [-0.2, 0) is 0 Å². The second-order valence-electron chi connectivity index (χ2n) is 7.38. The van der Waals surface area contributed by atoms with E-state index in [0.717, 1.165) is 22.4 Å². The summed E-state index contributed by atoms with van der Waals surface area (Å²) in [7, 11) is 0. The maximum Gasteiger partial charge on any atom is 0.165 e. The predicted molar refractivity (Wildman–Crippen MR) is 113 cm³/mol. The van der Waals surface area contributed by atoms with Gasteiger partial charge in [-0.2, -0.15) is 0 Å². The average Bonchev–Trinajstić information content (AvgIpc) is 2.69. The molecule has 0 aromatic heterocycles. The van der Waals surface area contributed by atoms with Crippen LogP contribution in [0.25, 0.3) is 0 Å². The first-order valence-electron chi connectivity index (χ1n) is 9.54. The van der Waals surface area contributed by atoms with E-state index < -0.39 is 0 Å². The van der Waals surface area contributed by atoms with Gasteiger partial charge in [0.2, 0.25) is 0 Å². The minimum Gasteiger partial charge on any atom is -0.378 e. The van der Waals surface area contributed by atoms with Crippen molar-refractivity contribution in [3.05, 3.63) is 101 Å². The Labute approximate surface area is 162 Å². The summed E-state index contributed by atoms with van der Waals surface area (Å²) in [5.41, 5.74) is 5.38. The molecule has 2 nitrogen and oxygen atoms in total. The number of anilines is 1. The molecule has 3 aromatic carbocycles. The Hall–Kier alpha value is -2.87. The number of Topliss-reactive ketones (excluding diaryl/α,β-unsaturated/α-hetero) is 1. The van der Waals surface area contributed by atoms with Crippen molar-refractivity contribution >= 4 is 11.5 Å². The Morgan fingerprint density at radius 3 is 2.00 bits per heavy atom. The molecule has 0 bridgehead atoms. The summed E-state index contributed by atoms with van der Waals surface area (Å²) < 4.78 is 0. The highest BCUT2D eigenvalue weighted by atomic mass is 16.1. The fourth-order valence-electron chi connectivity index (χ4n) is 3.14. The molecule has 27 heavy (non-hydrogen) atoms. The molecule has 0 spiro atoms. The van der Waals surface area contributed by atoms with Gasteiger partial charge in [-0.05, 0) is 36.1 Å². The van der Waals surface area contributed by atoms with Crippen molar-refractivity contribution in [1.82, 2.24) is 0 Å². The maximum atomic E-state index is 12.9. The zero-order chi connectivity index (χ0) is 19.2. The first kappa shape index (κ1) is 18.9. The fraction of sp³-hybridized carbons (Fsp3) is 0.240.